The lowest BCUT2D eigenvalue weighted by molar-refractivity contribution is 0.171. The van der Waals surface area contributed by atoms with Gasteiger partial charge in [-0.05, 0) is 29.3 Å². The fourth-order valence-electron chi connectivity index (χ4n) is 2.18. The van der Waals surface area contributed by atoms with Crippen LogP contribution in [0.25, 0.3) is 0 Å². The predicted octanol–water partition coefficient (Wildman–Crippen LogP) is 3.40. The molecule has 3 rings (SSSR count). The summed E-state index contributed by atoms with van der Waals surface area (Å²) in [5.74, 6) is 1.65. The number of hydrogen-bond acceptors (Lipinski definition) is 3. The predicted molar refractivity (Wildman–Crippen MR) is 79.4 cm³/mol. The van der Waals surface area contributed by atoms with Crippen molar-refractivity contribution in [2.45, 2.75) is 13.1 Å². The summed E-state index contributed by atoms with van der Waals surface area (Å²) in [5.41, 5.74) is 2.27. The van der Waals surface area contributed by atoms with Crippen molar-refractivity contribution in [1.82, 2.24) is 5.32 Å². The Kier molecular flexibility index (Phi) is 4.09. The Morgan fingerprint density at radius 1 is 0.950 bits per heavy atom. The second kappa shape index (κ2) is 6.16. The van der Waals surface area contributed by atoms with Crippen LogP contribution in [0.2, 0.25) is 5.02 Å². The first-order chi connectivity index (χ1) is 9.83. The van der Waals surface area contributed by atoms with Crippen molar-refractivity contribution in [2.75, 3.05) is 13.2 Å². The first-order valence-electron chi connectivity index (χ1n) is 6.65. The molecule has 2 aromatic carbocycles. The van der Waals surface area contributed by atoms with E-state index in [1.165, 1.54) is 5.56 Å². The molecule has 1 N–H and O–H groups in total. The van der Waals surface area contributed by atoms with Gasteiger partial charge in [-0.3, -0.25) is 0 Å². The van der Waals surface area contributed by atoms with Crippen LogP contribution in [0.5, 0.6) is 11.5 Å². The van der Waals surface area contributed by atoms with E-state index in [1.807, 2.05) is 42.5 Å². The standard InChI is InChI=1S/C16H16ClNO2/c17-14-4-2-1-3-13(14)11-18-10-12-5-6-15-16(9-12)20-8-7-19-15/h1-6,9,18H,7-8,10-11H2. The monoisotopic (exact) mass is 289 g/mol. The second-order valence-electron chi connectivity index (χ2n) is 4.67. The Morgan fingerprint density at radius 2 is 1.75 bits per heavy atom. The molecule has 3 nitrogen and oxygen atoms in total. The van der Waals surface area contributed by atoms with Crippen LogP contribution in [0.4, 0.5) is 0 Å². The van der Waals surface area contributed by atoms with Crippen LogP contribution in [0.15, 0.2) is 42.5 Å². The highest BCUT2D eigenvalue weighted by molar-refractivity contribution is 6.31. The number of ether oxygens (including phenoxy) is 2. The number of nitrogens with one attached hydrogen (secondary N) is 1. The molecule has 0 amide bonds. The lowest BCUT2D eigenvalue weighted by Crippen LogP contribution is -2.16. The molecule has 0 unspecified atom stereocenters. The van der Waals surface area contributed by atoms with Crippen LogP contribution >= 0.6 is 11.6 Å². The maximum Gasteiger partial charge on any atom is 0.161 e. The number of benzene rings is 2. The molecule has 0 saturated carbocycles. The number of hydrogen-bond donors (Lipinski definition) is 1. The second-order valence-corrected chi connectivity index (χ2v) is 5.08. The Hall–Kier alpha value is -1.71. The van der Waals surface area contributed by atoms with Crippen molar-refractivity contribution < 1.29 is 9.47 Å². The summed E-state index contributed by atoms with van der Waals surface area (Å²) < 4.78 is 11.1. The van der Waals surface area contributed by atoms with E-state index in [4.69, 9.17) is 21.1 Å². The summed E-state index contributed by atoms with van der Waals surface area (Å²) in [5, 5.41) is 4.18. The average molecular weight is 290 g/mol. The molecule has 0 atom stereocenters. The molecule has 0 aliphatic carbocycles. The minimum atomic E-state index is 0.615. The number of halogens is 1. The van der Waals surface area contributed by atoms with E-state index in [9.17, 15) is 0 Å². The summed E-state index contributed by atoms with van der Waals surface area (Å²) >= 11 is 6.12. The molecule has 2 aromatic rings. The molecule has 4 heteroatoms. The molecule has 20 heavy (non-hydrogen) atoms. The summed E-state index contributed by atoms with van der Waals surface area (Å²) in [6.07, 6.45) is 0. The summed E-state index contributed by atoms with van der Waals surface area (Å²) in [6.45, 7) is 2.75. The van der Waals surface area contributed by atoms with E-state index in [2.05, 4.69) is 5.32 Å². The SMILES string of the molecule is Clc1ccccc1CNCc1ccc2c(c1)OCCO2. The van der Waals surface area contributed by atoms with E-state index < -0.39 is 0 Å². The zero-order chi connectivity index (χ0) is 13.8. The molecule has 0 fully saturated rings. The molecular formula is C16H16ClNO2. The Bertz CT molecular complexity index is 601. The van der Waals surface area contributed by atoms with Gasteiger partial charge in [-0.1, -0.05) is 35.9 Å². The van der Waals surface area contributed by atoms with Crippen LogP contribution in [0.3, 0.4) is 0 Å². The van der Waals surface area contributed by atoms with Gasteiger partial charge in [-0.25, -0.2) is 0 Å². The van der Waals surface area contributed by atoms with Gasteiger partial charge in [0.15, 0.2) is 11.5 Å². The summed E-state index contributed by atoms with van der Waals surface area (Å²) in [6, 6.07) is 13.9. The van der Waals surface area contributed by atoms with Crippen molar-refractivity contribution in [1.29, 1.82) is 0 Å². The molecule has 0 aromatic heterocycles. The Morgan fingerprint density at radius 3 is 2.60 bits per heavy atom. The summed E-state index contributed by atoms with van der Waals surface area (Å²) in [7, 11) is 0. The third-order valence-electron chi connectivity index (χ3n) is 3.21. The highest BCUT2D eigenvalue weighted by atomic mass is 35.5. The molecule has 104 valence electrons. The first kappa shape index (κ1) is 13.3. The van der Waals surface area contributed by atoms with E-state index in [-0.39, 0.29) is 0 Å². The van der Waals surface area contributed by atoms with Crippen LogP contribution in [0, 0.1) is 0 Å². The minimum Gasteiger partial charge on any atom is -0.486 e. The molecule has 1 aliphatic heterocycles. The van der Waals surface area contributed by atoms with Gasteiger partial charge in [-0.15, -0.1) is 0 Å². The van der Waals surface area contributed by atoms with Gasteiger partial charge in [-0.2, -0.15) is 0 Å². The lowest BCUT2D eigenvalue weighted by Gasteiger charge is -2.19. The fraction of sp³-hybridized carbons (Fsp3) is 0.250. The van der Waals surface area contributed by atoms with Crippen LogP contribution in [-0.4, -0.2) is 13.2 Å². The van der Waals surface area contributed by atoms with Gasteiger partial charge >= 0.3 is 0 Å². The molecule has 0 spiro atoms. The normalized spacial score (nSPS) is 13.2. The fourth-order valence-corrected chi connectivity index (χ4v) is 2.38. The first-order valence-corrected chi connectivity index (χ1v) is 7.03. The third-order valence-corrected chi connectivity index (χ3v) is 3.58. The van der Waals surface area contributed by atoms with Crippen molar-refractivity contribution in [3.8, 4) is 11.5 Å². The smallest absolute Gasteiger partial charge is 0.161 e. The molecule has 1 aliphatic rings. The van der Waals surface area contributed by atoms with Gasteiger partial charge in [0.25, 0.3) is 0 Å². The largest absolute Gasteiger partial charge is 0.486 e. The maximum atomic E-state index is 6.12. The van der Waals surface area contributed by atoms with Crippen molar-refractivity contribution in [2.24, 2.45) is 0 Å². The van der Waals surface area contributed by atoms with Gasteiger partial charge in [0.1, 0.15) is 13.2 Å². The quantitative estimate of drug-likeness (QED) is 0.936. The highest BCUT2D eigenvalue weighted by Crippen LogP contribution is 2.30. The van der Waals surface area contributed by atoms with E-state index in [1.54, 1.807) is 0 Å². The Labute approximate surface area is 123 Å². The van der Waals surface area contributed by atoms with E-state index in [0.717, 1.165) is 35.2 Å². The maximum absolute atomic E-state index is 6.12. The van der Waals surface area contributed by atoms with Crippen LogP contribution in [0.1, 0.15) is 11.1 Å². The van der Waals surface area contributed by atoms with Crippen LogP contribution < -0.4 is 14.8 Å². The van der Waals surface area contributed by atoms with E-state index >= 15 is 0 Å². The van der Waals surface area contributed by atoms with Crippen LogP contribution in [-0.2, 0) is 13.1 Å². The van der Waals surface area contributed by atoms with Gasteiger partial charge in [0, 0.05) is 18.1 Å². The van der Waals surface area contributed by atoms with Gasteiger partial charge < -0.3 is 14.8 Å². The lowest BCUT2D eigenvalue weighted by atomic mass is 10.1. The average Bonchev–Trinajstić information content (AvgIpc) is 2.49. The topological polar surface area (TPSA) is 30.5 Å². The molecule has 0 bridgehead atoms. The third kappa shape index (κ3) is 3.06. The zero-order valence-electron chi connectivity index (χ0n) is 11.1. The van der Waals surface area contributed by atoms with Crippen molar-refractivity contribution in [3.05, 3.63) is 58.6 Å². The highest BCUT2D eigenvalue weighted by Gasteiger charge is 2.11. The number of rotatable bonds is 4. The molecule has 1 heterocycles. The molecule has 0 saturated heterocycles. The van der Waals surface area contributed by atoms with Gasteiger partial charge in [0.2, 0.25) is 0 Å². The molecular weight excluding hydrogens is 274 g/mol. The van der Waals surface area contributed by atoms with Gasteiger partial charge in [0.05, 0.1) is 0 Å². The minimum absolute atomic E-state index is 0.615. The van der Waals surface area contributed by atoms with E-state index in [0.29, 0.717) is 13.2 Å². The Balaban J connectivity index is 1.60. The number of fused-ring (bicyclic) bond motifs is 1. The summed E-state index contributed by atoms with van der Waals surface area (Å²) in [4.78, 5) is 0. The van der Waals surface area contributed by atoms with Crippen molar-refractivity contribution >= 4 is 11.6 Å². The zero-order valence-corrected chi connectivity index (χ0v) is 11.8. The van der Waals surface area contributed by atoms with Crippen molar-refractivity contribution in [3.63, 3.8) is 0 Å². The molecule has 0 radical (unpaired) electrons.